The number of nitrogen functional groups attached to an aromatic ring is 1. The first-order valence-corrected chi connectivity index (χ1v) is 7.34. The normalized spacial score (nSPS) is 27.2. The molecule has 4 nitrogen and oxygen atoms in total. The molecule has 3 N–H and O–H groups in total. The smallest absolute Gasteiger partial charge is 0.220 e. The highest BCUT2D eigenvalue weighted by molar-refractivity contribution is 5.64. The van der Waals surface area contributed by atoms with Crippen molar-refractivity contribution in [2.45, 2.75) is 37.3 Å². The zero-order valence-corrected chi connectivity index (χ0v) is 11.6. The largest absolute Gasteiger partial charge is 0.384 e. The van der Waals surface area contributed by atoms with Crippen LogP contribution in [0.15, 0.2) is 30.6 Å². The van der Waals surface area contributed by atoms with Crippen LogP contribution in [0.2, 0.25) is 0 Å². The Morgan fingerprint density at radius 2 is 2.10 bits per heavy atom. The summed E-state index contributed by atoms with van der Waals surface area (Å²) in [7, 11) is 0. The van der Waals surface area contributed by atoms with Crippen LogP contribution in [-0.4, -0.2) is 22.1 Å². The summed E-state index contributed by atoms with van der Waals surface area (Å²) in [5, 5.41) is 3.61. The summed E-state index contributed by atoms with van der Waals surface area (Å²) in [6, 6.07) is 6.51. The summed E-state index contributed by atoms with van der Waals surface area (Å²) in [6.07, 6.45) is 6.85. The van der Waals surface area contributed by atoms with E-state index >= 15 is 0 Å². The molecule has 2 aromatic heterocycles. The third-order valence-corrected chi connectivity index (χ3v) is 4.69. The van der Waals surface area contributed by atoms with E-state index in [1.807, 2.05) is 6.07 Å². The van der Waals surface area contributed by atoms with E-state index in [2.05, 4.69) is 15.3 Å². The summed E-state index contributed by atoms with van der Waals surface area (Å²) in [5.41, 5.74) is 7.92. The molecular weight excluding hydrogens is 267 g/mol. The molecule has 3 atom stereocenters. The lowest BCUT2D eigenvalue weighted by Crippen LogP contribution is -2.21. The number of halogens is 1. The lowest BCUT2D eigenvalue weighted by atomic mass is 9.84. The molecule has 2 saturated heterocycles. The third kappa shape index (κ3) is 2.17. The Kier molecular flexibility index (Phi) is 2.89. The molecule has 4 rings (SSSR count). The highest BCUT2D eigenvalue weighted by atomic mass is 19.1. The highest BCUT2D eigenvalue weighted by Gasteiger charge is 2.39. The van der Waals surface area contributed by atoms with Crippen molar-refractivity contribution in [1.82, 2.24) is 15.3 Å². The van der Waals surface area contributed by atoms with Gasteiger partial charge >= 0.3 is 0 Å². The molecule has 2 aliphatic heterocycles. The summed E-state index contributed by atoms with van der Waals surface area (Å²) in [6.45, 7) is 0. The zero-order chi connectivity index (χ0) is 14.4. The van der Waals surface area contributed by atoms with Gasteiger partial charge in [-0.25, -0.2) is 9.97 Å². The number of hydrogen-bond donors (Lipinski definition) is 2. The molecule has 5 heteroatoms. The third-order valence-electron chi connectivity index (χ3n) is 4.69. The van der Waals surface area contributed by atoms with Gasteiger partial charge in [0.05, 0.1) is 0 Å². The van der Waals surface area contributed by atoms with Gasteiger partial charge in [-0.3, -0.25) is 0 Å². The Morgan fingerprint density at radius 3 is 2.76 bits per heavy atom. The van der Waals surface area contributed by atoms with Gasteiger partial charge in [0.25, 0.3) is 0 Å². The zero-order valence-electron chi connectivity index (χ0n) is 11.6. The van der Waals surface area contributed by atoms with Crippen LogP contribution < -0.4 is 11.1 Å². The lowest BCUT2D eigenvalue weighted by molar-refractivity contribution is 0.502. The van der Waals surface area contributed by atoms with Crippen molar-refractivity contribution in [2.24, 2.45) is 0 Å². The average molecular weight is 284 g/mol. The Labute approximate surface area is 122 Å². The predicted molar refractivity (Wildman–Crippen MR) is 79.1 cm³/mol. The number of fused-ring (bicyclic) bond motifs is 2. The van der Waals surface area contributed by atoms with Gasteiger partial charge in [0.1, 0.15) is 5.82 Å². The Bertz CT molecular complexity index is 670. The second-order valence-electron chi connectivity index (χ2n) is 5.97. The number of nitrogens with one attached hydrogen (secondary N) is 1. The first-order chi connectivity index (χ1) is 10.2. The van der Waals surface area contributed by atoms with Gasteiger partial charge in [0, 0.05) is 41.5 Å². The first kappa shape index (κ1) is 12.7. The van der Waals surface area contributed by atoms with Crippen LogP contribution in [0.4, 0.5) is 10.2 Å². The monoisotopic (exact) mass is 284 g/mol. The summed E-state index contributed by atoms with van der Waals surface area (Å²) < 4.78 is 14.0. The standard InChI is InChI=1S/C16H17FN4/c17-16-13(9-1-4-15(18)19-7-9)5-10(8-20-16)12-6-11-2-3-14(12)21-11/h1,4-5,7-8,11-12,14,21H,2-3,6H2,(H2,18,19)/t11-,12-,14-/m1/s1. The molecule has 0 spiro atoms. The molecule has 0 aliphatic carbocycles. The second kappa shape index (κ2) is 4.77. The van der Waals surface area contributed by atoms with Crippen LogP contribution >= 0.6 is 0 Å². The molecular formula is C16H17FN4. The minimum absolute atomic E-state index is 0.431. The molecule has 4 heterocycles. The van der Waals surface area contributed by atoms with Crippen LogP contribution in [-0.2, 0) is 0 Å². The quantitative estimate of drug-likeness (QED) is 0.832. The van der Waals surface area contributed by atoms with Gasteiger partial charge in [-0.2, -0.15) is 4.39 Å². The summed E-state index contributed by atoms with van der Waals surface area (Å²) >= 11 is 0. The number of anilines is 1. The molecule has 2 aromatic rings. The summed E-state index contributed by atoms with van der Waals surface area (Å²) in [5.74, 6) is 0.416. The van der Waals surface area contributed by atoms with Crippen molar-refractivity contribution < 1.29 is 4.39 Å². The van der Waals surface area contributed by atoms with E-state index in [0.29, 0.717) is 34.9 Å². The Balaban J connectivity index is 1.71. The Morgan fingerprint density at radius 1 is 1.19 bits per heavy atom. The Hall–Kier alpha value is -2.01. The maximum absolute atomic E-state index is 14.0. The number of aromatic nitrogens is 2. The predicted octanol–water partition coefficient (Wildman–Crippen LogP) is 2.47. The molecule has 0 amide bonds. The van der Waals surface area contributed by atoms with E-state index in [1.165, 1.54) is 12.8 Å². The van der Waals surface area contributed by atoms with Gasteiger partial charge in [-0.15, -0.1) is 0 Å². The van der Waals surface area contributed by atoms with Crippen LogP contribution in [0.25, 0.3) is 11.1 Å². The van der Waals surface area contributed by atoms with Gasteiger partial charge < -0.3 is 11.1 Å². The molecule has 2 fully saturated rings. The minimum Gasteiger partial charge on any atom is -0.384 e. The van der Waals surface area contributed by atoms with E-state index in [4.69, 9.17) is 5.73 Å². The number of rotatable bonds is 2. The average Bonchev–Trinajstić information content (AvgIpc) is 3.12. The van der Waals surface area contributed by atoms with Crippen molar-refractivity contribution in [2.75, 3.05) is 5.73 Å². The maximum Gasteiger partial charge on any atom is 0.220 e. The topological polar surface area (TPSA) is 63.8 Å². The fourth-order valence-electron chi connectivity index (χ4n) is 3.63. The molecule has 108 valence electrons. The first-order valence-electron chi connectivity index (χ1n) is 7.34. The van der Waals surface area contributed by atoms with Crippen LogP contribution in [0, 0.1) is 5.95 Å². The molecule has 0 unspecified atom stereocenters. The van der Waals surface area contributed by atoms with E-state index < -0.39 is 5.95 Å². The second-order valence-corrected chi connectivity index (χ2v) is 5.97. The molecule has 2 aliphatic rings. The van der Waals surface area contributed by atoms with E-state index in [1.54, 1.807) is 24.5 Å². The minimum atomic E-state index is -0.457. The molecule has 0 saturated carbocycles. The molecule has 2 bridgehead atoms. The molecule has 21 heavy (non-hydrogen) atoms. The van der Waals surface area contributed by atoms with Gasteiger partial charge in [0.2, 0.25) is 5.95 Å². The molecule has 0 radical (unpaired) electrons. The lowest BCUT2D eigenvalue weighted by Gasteiger charge is -2.20. The fraction of sp³-hybridized carbons (Fsp3) is 0.375. The van der Waals surface area contributed by atoms with Crippen LogP contribution in [0.1, 0.15) is 30.7 Å². The number of nitrogens with zero attached hydrogens (tertiary/aromatic N) is 2. The van der Waals surface area contributed by atoms with Crippen molar-refractivity contribution in [3.63, 3.8) is 0 Å². The van der Waals surface area contributed by atoms with Crippen molar-refractivity contribution >= 4 is 5.82 Å². The van der Waals surface area contributed by atoms with Crippen molar-refractivity contribution in [1.29, 1.82) is 0 Å². The van der Waals surface area contributed by atoms with Crippen LogP contribution in [0.3, 0.4) is 0 Å². The van der Waals surface area contributed by atoms with Gasteiger partial charge in [-0.1, -0.05) is 0 Å². The number of hydrogen-bond acceptors (Lipinski definition) is 4. The fourth-order valence-corrected chi connectivity index (χ4v) is 3.63. The number of nitrogens with two attached hydrogens (primary N) is 1. The summed E-state index contributed by atoms with van der Waals surface area (Å²) in [4.78, 5) is 7.99. The van der Waals surface area contributed by atoms with Crippen molar-refractivity contribution in [3.05, 3.63) is 42.1 Å². The van der Waals surface area contributed by atoms with E-state index in [-0.39, 0.29) is 0 Å². The van der Waals surface area contributed by atoms with Crippen LogP contribution in [0.5, 0.6) is 0 Å². The molecule has 0 aromatic carbocycles. The van der Waals surface area contributed by atoms with Crippen molar-refractivity contribution in [3.8, 4) is 11.1 Å². The highest BCUT2D eigenvalue weighted by Crippen LogP contribution is 2.40. The van der Waals surface area contributed by atoms with Gasteiger partial charge in [-0.05, 0) is 43.0 Å². The van der Waals surface area contributed by atoms with Gasteiger partial charge in [0.15, 0.2) is 0 Å². The maximum atomic E-state index is 14.0. The van der Waals surface area contributed by atoms with E-state index in [9.17, 15) is 4.39 Å². The number of pyridine rings is 2. The SMILES string of the molecule is Nc1ccc(-c2cc([C@H]3C[C@H]4CC[C@H]3N4)cnc2F)cn1. The van der Waals surface area contributed by atoms with E-state index in [0.717, 1.165) is 12.0 Å².